The van der Waals surface area contributed by atoms with E-state index < -0.39 is 23.8 Å². The van der Waals surface area contributed by atoms with Crippen LogP contribution >= 0.6 is 0 Å². The van der Waals surface area contributed by atoms with Crippen molar-refractivity contribution in [1.29, 1.82) is 0 Å². The zero-order valence-corrected chi connectivity index (χ0v) is 49.6. The standard InChI is InChI=1S/C72H73NO9/c1-14-15-16-17-18-19-36-73-65(74)49-37-53(78-45-28-20-41(21-29-45)69(2,3)4)59-61-55(80-47-32-24-43(25-33-47)71(8,9)10)39-51-58-52(68(77)82-67(51)76)40-56(81-48-34-26-44(27-35-48)72(11,12)13)62(64(58)61)60-54(38-50(66(73)75)57(49)63(59)60)79-46-30-22-42(23-31-46)70(5,6)7/h20-35,37-40H,14-19,36H2,1-13H3. The average Bonchev–Trinajstić information content (AvgIpc) is 3.61. The second-order valence-corrected chi connectivity index (χ2v) is 26.4. The van der Waals surface area contributed by atoms with E-state index in [1.54, 1.807) is 24.3 Å². The van der Waals surface area contributed by atoms with Gasteiger partial charge in [-0.2, -0.15) is 0 Å². The molecule has 0 aliphatic carbocycles. The number of amides is 2. The Morgan fingerprint density at radius 3 is 0.902 bits per heavy atom. The van der Waals surface area contributed by atoms with Crippen LogP contribution < -0.4 is 18.9 Å². The second kappa shape index (κ2) is 20.6. The molecule has 2 aliphatic heterocycles. The topological polar surface area (TPSA) is 118 Å². The predicted octanol–water partition coefficient (Wildman–Crippen LogP) is 19.4. The van der Waals surface area contributed by atoms with Gasteiger partial charge in [0.05, 0.1) is 22.3 Å². The summed E-state index contributed by atoms with van der Waals surface area (Å²) in [6.07, 6.45) is 5.80. The normalized spacial score (nSPS) is 13.9. The molecule has 2 heterocycles. The molecule has 0 saturated carbocycles. The zero-order valence-electron chi connectivity index (χ0n) is 49.6. The van der Waals surface area contributed by atoms with Gasteiger partial charge < -0.3 is 23.7 Å². The van der Waals surface area contributed by atoms with Gasteiger partial charge in [-0.1, -0.05) is 171 Å². The van der Waals surface area contributed by atoms with E-state index in [-0.39, 0.29) is 73.5 Å². The summed E-state index contributed by atoms with van der Waals surface area (Å²) >= 11 is 0. The first-order chi connectivity index (χ1) is 38.8. The molecule has 2 aliphatic rings. The van der Waals surface area contributed by atoms with Gasteiger partial charge in [0.15, 0.2) is 0 Å². The third-order valence-corrected chi connectivity index (χ3v) is 16.3. The van der Waals surface area contributed by atoms with Crippen molar-refractivity contribution in [2.24, 2.45) is 0 Å². The molecule has 0 radical (unpaired) electrons. The van der Waals surface area contributed by atoms with Crippen LogP contribution in [0.15, 0.2) is 121 Å². The van der Waals surface area contributed by atoms with Crippen molar-refractivity contribution in [1.82, 2.24) is 4.90 Å². The third kappa shape index (κ3) is 10.2. The van der Waals surface area contributed by atoms with Crippen molar-refractivity contribution in [2.75, 3.05) is 6.54 Å². The lowest BCUT2D eigenvalue weighted by atomic mass is 9.81. The molecule has 9 aromatic carbocycles. The van der Waals surface area contributed by atoms with E-state index in [1.165, 1.54) is 4.90 Å². The number of ether oxygens (including phenoxy) is 5. The molecule has 2 amide bonds. The average molecular weight is 1100 g/mol. The number of nitrogens with zero attached hydrogens (tertiary/aromatic N) is 1. The van der Waals surface area contributed by atoms with Gasteiger partial charge in [-0.25, -0.2) is 9.59 Å². The van der Waals surface area contributed by atoms with Crippen molar-refractivity contribution in [2.45, 2.75) is 150 Å². The summed E-state index contributed by atoms with van der Waals surface area (Å²) in [5.74, 6) is 0.333. The van der Waals surface area contributed by atoms with Gasteiger partial charge in [-0.3, -0.25) is 14.5 Å². The molecule has 10 heteroatoms. The van der Waals surface area contributed by atoms with Gasteiger partial charge in [0.2, 0.25) is 0 Å². The van der Waals surface area contributed by atoms with Crippen LogP contribution in [0.25, 0.3) is 43.1 Å². The molecule has 0 unspecified atom stereocenters. The highest BCUT2D eigenvalue weighted by Gasteiger charge is 2.40. The van der Waals surface area contributed by atoms with E-state index in [0.717, 1.165) is 54.4 Å². The van der Waals surface area contributed by atoms with E-state index in [1.807, 2.05) is 97.1 Å². The minimum atomic E-state index is -0.849. The summed E-state index contributed by atoms with van der Waals surface area (Å²) in [5.41, 5.74) is 4.47. The SMILES string of the molecule is CCCCCCCCN1C(=O)c2cc(Oc3ccc(C(C)(C)C)cc3)c3c4c(Oc5ccc(C(C)(C)C)cc5)cc5c6c(cc(Oc7ccc(C(C)(C)C)cc7)c(c7c(Oc8ccc(C(C)(C)C)cc8)cc(c2c37)C1=O)c64)C(=O)OC5=O. The number of hydrogen-bond donors (Lipinski definition) is 0. The summed E-state index contributed by atoms with van der Waals surface area (Å²) < 4.78 is 34.1. The minimum Gasteiger partial charge on any atom is -0.457 e. The molecule has 0 N–H and O–H groups in total. The fourth-order valence-electron chi connectivity index (χ4n) is 11.6. The fourth-order valence-corrected chi connectivity index (χ4v) is 11.6. The first-order valence-electron chi connectivity index (χ1n) is 28.9. The van der Waals surface area contributed by atoms with E-state index in [2.05, 4.69) is 90.0 Å². The van der Waals surface area contributed by atoms with E-state index in [4.69, 9.17) is 23.7 Å². The number of hydrogen-bond acceptors (Lipinski definition) is 9. The van der Waals surface area contributed by atoms with Crippen molar-refractivity contribution >= 4 is 66.8 Å². The first kappa shape index (κ1) is 55.7. The number of benzene rings is 9. The summed E-state index contributed by atoms with van der Waals surface area (Å²) in [4.78, 5) is 61.2. The molecule has 0 bridgehead atoms. The van der Waals surface area contributed by atoms with Crippen molar-refractivity contribution in [3.63, 3.8) is 0 Å². The Labute approximate surface area is 481 Å². The van der Waals surface area contributed by atoms with Gasteiger partial charge in [0, 0.05) is 49.6 Å². The van der Waals surface area contributed by atoms with Gasteiger partial charge >= 0.3 is 11.9 Å². The zero-order chi connectivity index (χ0) is 58.4. The van der Waals surface area contributed by atoms with E-state index in [0.29, 0.717) is 72.5 Å². The maximum Gasteiger partial charge on any atom is 0.346 e. The molecular formula is C72H73NO9. The number of carbonyl (C=O) groups excluding carboxylic acids is 4. The van der Waals surface area contributed by atoms with Crippen LogP contribution in [0.3, 0.4) is 0 Å². The quantitative estimate of drug-likeness (QED) is 0.0247. The molecule has 82 heavy (non-hydrogen) atoms. The number of rotatable bonds is 15. The van der Waals surface area contributed by atoms with E-state index in [9.17, 15) is 9.59 Å². The molecule has 10 nitrogen and oxygen atoms in total. The van der Waals surface area contributed by atoms with Crippen LogP contribution in [0, 0.1) is 0 Å². The van der Waals surface area contributed by atoms with Gasteiger partial charge in [0.1, 0.15) is 46.0 Å². The van der Waals surface area contributed by atoms with Crippen LogP contribution in [-0.4, -0.2) is 35.2 Å². The Bertz CT molecular complexity index is 3770. The largest absolute Gasteiger partial charge is 0.457 e. The lowest BCUT2D eigenvalue weighted by molar-refractivity contribution is 0.0389. The van der Waals surface area contributed by atoms with Crippen LogP contribution in [0.4, 0.5) is 0 Å². The highest BCUT2D eigenvalue weighted by molar-refractivity contribution is 6.44. The Hall–Kier alpha value is -8.24. The summed E-state index contributed by atoms with van der Waals surface area (Å²) in [6.45, 7) is 28.1. The summed E-state index contributed by atoms with van der Waals surface area (Å²) in [5, 5.41) is 3.42. The third-order valence-electron chi connectivity index (χ3n) is 16.3. The number of carbonyl (C=O) groups is 4. The Morgan fingerprint density at radius 1 is 0.341 bits per heavy atom. The summed E-state index contributed by atoms with van der Waals surface area (Å²) in [7, 11) is 0. The first-order valence-corrected chi connectivity index (χ1v) is 28.9. The van der Waals surface area contributed by atoms with Crippen LogP contribution in [-0.2, 0) is 26.4 Å². The fraction of sp³-hybridized carbons (Fsp3) is 0.333. The maximum atomic E-state index is 15.5. The highest BCUT2D eigenvalue weighted by atomic mass is 16.6. The molecule has 9 aromatic rings. The number of esters is 2. The van der Waals surface area contributed by atoms with Crippen molar-refractivity contribution in [3.05, 3.63) is 166 Å². The maximum absolute atomic E-state index is 15.5. The lowest BCUT2D eigenvalue weighted by Crippen LogP contribution is -2.41. The smallest absolute Gasteiger partial charge is 0.346 e. The highest BCUT2D eigenvalue weighted by Crippen LogP contribution is 2.58. The number of imide groups is 1. The van der Waals surface area contributed by atoms with Crippen molar-refractivity contribution < 1.29 is 42.9 Å². The minimum absolute atomic E-state index is 0.0993. The second-order valence-electron chi connectivity index (χ2n) is 26.4. The van der Waals surface area contributed by atoms with Crippen LogP contribution in [0.1, 0.15) is 192 Å². The Kier molecular flexibility index (Phi) is 14.0. The molecule has 0 atom stereocenters. The molecule has 420 valence electrons. The molecule has 0 fully saturated rings. The van der Waals surface area contributed by atoms with Crippen LogP contribution in [0.2, 0.25) is 0 Å². The van der Waals surface area contributed by atoms with E-state index >= 15 is 9.59 Å². The molecule has 0 saturated heterocycles. The Morgan fingerprint density at radius 2 is 0.610 bits per heavy atom. The van der Waals surface area contributed by atoms with Crippen molar-refractivity contribution in [3.8, 4) is 46.0 Å². The predicted molar refractivity (Wildman–Crippen MR) is 327 cm³/mol. The number of cyclic esters (lactones) is 2. The molecule has 0 spiro atoms. The molecule has 0 aromatic heterocycles. The molecule has 11 rings (SSSR count). The molecular weight excluding hydrogens is 1020 g/mol. The summed E-state index contributed by atoms with van der Waals surface area (Å²) in [6, 6.07) is 38.2. The van der Waals surface area contributed by atoms with Crippen LogP contribution in [0.5, 0.6) is 46.0 Å². The van der Waals surface area contributed by atoms with Gasteiger partial charge in [-0.15, -0.1) is 0 Å². The van der Waals surface area contributed by atoms with Gasteiger partial charge in [-0.05, 0) is 123 Å². The monoisotopic (exact) mass is 1100 g/mol. The number of fused-ring (bicyclic) bond motifs is 2. The van der Waals surface area contributed by atoms with Gasteiger partial charge in [0.25, 0.3) is 11.8 Å². The Balaban J connectivity index is 1.31. The lowest BCUT2D eigenvalue weighted by Gasteiger charge is -2.31. The number of unbranched alkanes of at least 4 members (excludes halogenated alkanes) is 5.